The summed E-state index contributed by atoms with van der Waals surface area (Å²) in [4.78, 5) is 19.5. The minimum atomic E-state index is -4.56. The van der Waals surface area contributed by atoms with Crippen LogP contribution in [0.3, 0.4) is 0 Å². The van der Waals surface area contributed by atoms with Crippen LogP contribution in [0.15, 0.2) is 12.3 Å². The predicted octanol–water partition coefficient (Wildman–Crippen LogP) is 1.18. The second-order valence-electron chi connectivity index (χ2n) is 4.26. The van der Waals surface area contributed by atoms with E-state index in [0.29, 0.717) is 0 Å². The molecule has 1 saturated heterocycles. The molecule has 0 radical (unpaired) electrons. The number of rotatable bonds is 3. The van der Waals surface area contributed by atoms with Crippen LogP contribution in [-0.2, 0) is 15.7 Å². The number of hydrogen-bond donors (Lipinski definition) is 1. The molecule has 0 aliphatic carbocycles. The van der Waals surface area contributed by atoms with Gasteiger partial charge in [-0.3, -0.25) is 4.79 Å². The van der Waals surface area contributed by atoms with Crippen LogP contribution in [0.4, 0.5) is 19.1 Å². The number of anilines is 1. The van der Waals surface area contributed by atoms with Gasteiger partial charge in [-0.2, -0.15) is 13.2 Å². The van der Waals surface area contributed by atoms with Crippen LogP contribution in [0, 0.1) is 0 Å². The zero-order chi connectivity index (χ0) is 14.8. The molecule has 0 spiro atoms. The normalized spacial score (nSPS) is 19.9. The third kappa shape index (κ3) is 3.35. The van der Waals surface area contributed by atoms with E-state index in [9.17, 15) is 18.0 Å². The average molecular weight is 291 g/mol. The lowest BCUT2D eigenvalue weighted by Gasteiger charge is -2.34. The number of alkyl halides is 3. The maximum absolute atomic E-state index is 12.6. The maximum atomic E-state index is 12.6. The monoisotopic (exact) mass is 291 g/mol. The molecular weight excluding hydrogens is 279 g/mol. The third-order valence-electron chi connectivity index (χ3n) is 2.83. The van der Waals surface area contributed by atoms with Gasteiger partial charge in [0.1, 0.15) is 5.69 Å². The maximum Gasteiger partial charge on any atom is 0.433 e. The Kier molecular flexibility index (Phi) is 4.07. The molecule has 110 valence electrons. The zero-order valence-corrected chi connectivity index (χ0v) is 10.3. The first-order chi connectivity index (χ1) is 9.38. The van der Waals surface area contributed by atoms with Gasteiger partial charge in [0.05, 0.1) is 25.7 Å². The molecule has 1 aliphatic rings. The van der Waals surface area contributed by atoms with Crippen molar-refractivity contribution in [2.75, 3.05) is 24.7 Å². The van der Waals surface area contributed by atoms with Gasteiger partial charge in [-0.05, 0) is 6.07 Å². The van der Waals surface area contributed by atoms with Gasteiger partial charge in [0.25, 0.3) is 0 Å². The molecule has 9 heteroatoms. The molecule has 1 aromatic heterocycles. The smallest absolute Gasteiger partial charge is 0.433 e. The fourth-order valence-corrected chi connectivity index (χ4v) is 1.93. The van der Waals surface area contributed by atoms with Gasteiger partial charge in [-0.25, -0.2) is 9.97 Å². The summed E-state index contributed by atoms with van der Waals surface area (Å²) in [6, 6.07) is 0.195. The number of morpholine rings is 1. The highest BCUT2D eigenvalue weighted by atomic mass is 19.4. The molecule has 6 nitrogen and oxygen atoms in total. The molecular formula is C11H12F3N3O3. The Labute approximate surface area is 112 Å². The molecule has 1 aromatic rings. The molecule has 1 N–H and O–H groups in total. The standard InChI is InChI=1S/C11H12F3N3O3/c12-11(13,14)8-1-2-15-10(16-8)17-3-4-20-6-7(17)5-9(18)19/h1-2,7H,3-6H2,(H,18,19). The van der Waals surface area contributed by atoms with Crippen molar-refractivity contribution in [2.45, 2.75) is 18.6 Å². The second kappa shape index (κ2) is 5.61. The van der Waals surface area contributed by atoms with E-state index in [-0.39, 0.29) is 32.1 Å². The topological polar surface area (TPSA) is 75.6 Å². The Morgan fingerprint density at radius 1 is 1.55 bits per heavy atom. The first-order valence-corrected chi connectivity index (χ1v) is 5.84. The van der Waals surface area contributed by atoms with Crippen LogP contribution in [0.1, 0.15) is 12.1 Å². The SMILES string of the molecule is O=C(O)CC1COCCN1c1nccc(C(F)(F)F)n1. The number of aromatic nitrogens is 2. The molecule has 1 fully saturated rings. The van der Waals surface area contributed by atoms with E-state index in [2.05, 4.69) is 9.97 Å². The van der Waals surface area contributed by atoms with Crippen LogP contribution in [-0.4, -0.2) is 46.8 Å². The lowest BCUT2D eigenvalue weighted by atomic mass is 10.1. The number of carboxylic acids is 1. The van der Waals surface area contributed by atoms with Gasteiger partial charge >= 0.3 is 12.1 Å². The Bertz CT molecular complexity index is 495. The molecule has 2 rings (SSSR count). The number of halogens is 3. The van der Waals surface area contributed by atoms with E-state index in [1.165, 1.54) is 4.90 Å². The van der Waals surface area contributed by atoms with Crippen molar-refractivity contribution in [3.8, 4) is 0 Å². The molecule has 1 atom stereocenters. The predicted molar refractivity (Wildman–Crippen MR) is 61.2 cm³/mol. The summed E-state index contributed by atoms with van der Waals surface area (Å²) in [6.45, 7) is 0.654. The minimum absolute atomic E-state index is 0.117. The number of hydrogen-bond acceptors (Lipinski definition) is 5. The van der Waals surface area contributed by atoms with Crippen LogP contribution >= 0.6 is 0 Å². The molecule has 0 aromatic carbocycles. The summed E-state index contributed by atoms with van der Waals surface area (Å²) in [6.07, 6.45) is -3.80. The van der Waals surface area contributed by atoms with Crippen LogP contribution in [0.25, 0.3) is 0 Å². The molecule has 20 heavy (non-hydrogen) atoms. The van der Waals surface area contributed by atoms with Gasteiger partial charge in [0, 0.05) is 12.7 Å². The Hall–Kier alpha value is -1.90. The van der Waals surface area contributed by atoms with E-state index in [1.807, 2.05) is 0 Å². The zero-order valence-electron chi connectivity index (χ0n) is 10.3. The summed E-state index contributed by atoms with van der Waals surface area (Å²) < 4.78 is 43.0. The van der Waals surface area contributed by atoms with E-state index in [1.54, 1.807) is 0 Å². The van der Waals surface area contributed by atoms with E-state index in [4.69, 9.17) is 9.84 Å². The molecule has 0 bridgehead atoms. The largest absolute Gasteiger partial charge is 0.481 e. The first kappa shape index (κ1) is 14.5. The van der Waals surface area contributed by atoms with Gasteiger partial charge in [0.2, 0.25) is 5.95 Å². The Balaban J connectivity index is 2.26. The van der Waals surface area contributed by atoms with E-state index < -0.39 is 23.9 Å². The van der Waals surface area contributed by atoms with Crippen molar-refractivity contribution in [1.29, 1.82) is 0 Å². The van der Waals surface area contributed by atoms with Crippen LogP contribution in [0.5, 0.6) is 0 Å². The summed E-state index contributed by atoms with van der Waals surface area (Å²) in [7, 11) is 0. The van der Waals surface area contributed by atoms with Gasteiger partial charge in [0.15, 0.2) is 0 Å². The highest BCUT2D eigenvalue weighted by Gasteiger charge is 2.34. The Morgan fingerprint density at radius 3 is 2.95 bits per heavy atom. The summed E-state index contributed by atoms with van der Waals surface area (Å²) in [5.41, 5.74) is -1.05. The van der Waals surface area contributed by atoms with Gasteiger partial charge in [-0.15, -0.1) is 0 Å². The molecule has 0 saturated carbocycles. The molecule has 2 heterocycles. The van der Waals surface area contributed by atoms with Crippen molar-refractivity contribution < 1.29 is 27.8 Å². The quantitative estimate of drug-likeness (QED) is 0.901. The second-order valence-corrected chi connectivity index (χ2v) is 4.26. The average Bonchev–Trinajstić information content (AvgIpc) is 2.38. The minimum Gasteiger partial charge on any atom is -0.481 e. The Morgan fingerprint density at radius 2 is 2.30 bits per heavy atom. The molecule has 1 unspecified atom stereocenters. The third-order valence-corrected chi connectivity index (χ3v) is 2.83. The number of carboxylic acid groups (broad SMARTS) is 1. The van der Waals surface area contributed by atoms with Crippen molar-refractivity contribution in [3.63, 3.8) is 0 Å². The van der Waals surface area contributed by atoms with Crippen molar-refractivity contribution in [3.05, 3.63) is 18.0 Å². The lowest BCUT2D eigenvalue weighted by Crippen LogP contribution is -2.47. The van der Waals surface area contributed by atoms with Gasteiger partial charge in [-0.1, -0.05) is 0 Å². The van der Waals surface area contributed by atoms with E-state index in [0.717, 1.165) is 12.3 Å². The summed E-state index contributed by atoms with van der Waals surface area (Å²) in [5, 5.41) is 8.81. The highest BCUT2D eigenvalue weighted by Crippen LogP contribution is 2.28. The van der Waals surface area contributed by atoms with Crippen LogP contribution < -0.4 is 4.90 Å². The highest BCUT2D eigenvalue weighted by molar-refractivity contribution is 5.68. The number of aliphatic carboxylic acids is 1. The lowest BCUT2D eigenvalue weighted by molar-refractivity contribution is -0.141. The number of nitrogens with zero attached hydrogens (tertiary/aromatic N) is 3. The number of ether oxygens (including phenoxy) is 1. The summed E-state index contributed by atoms with van der Waals surface area (Å²) >= 11 is 0. The molecule has 1 aliphatic heterocycles. The molecule has 0 amide bonds. The van der Waals surface area contributed by atoms with Gasteiger partial charge < -0.3 is 14.7 Å². The van der Waals surface area contributed by atoms with Crippen molar-refractivity contribution in [1.82, 2.24) is 9.97 Å². The fraction of sp³-hybridized carbons (Fsp3) is 0.545. The summed E-state index contributed by atoms with van der Waals surface area (Å²) in [5.74, 6) is -1.19. The van der Waals surface area contributed by atoms with Crippen molar-refractivity contribution in [2.24, 2.45) is 0 Å². The fourth-order valence-electron chi connectivity index (χ4n) is 1.93. The number of carbonyl (C=O) groups is 1. The van der Waals surface area contributed by atoms with Crippen molar-refractivity contribution >= 4 is 11.9 Å². The van der Waals surface area contributed by atoms with Crippen LogP contribution in [0.2, 0.25) is 0 Å². The first-order valence-electron chi connectivity index (χ1n) is 5.84. The van der Waals surface area contributed by atoms with E-state index >= 15 is 0 Å².